The quantitative estimate of drug-likeness (QED) is 0.818. The maximum absolute atomic E-state index is 12.6. The van der Waals surface area contributed by atoms with Crippen LogP contribution in [0, 0.1) is 0 Å². The highest BCUT2D eigenvalue weighted by molar-refractivity contribution is 5.97. The minimum Gasteiger partial charge on any atom is -0.342 e. The largest absolute Gasteiger partial charge is 0.342 e. The number of amides is 2. The first kappa shape index (κ1) is 15.5. The molecule has 0 radical (unpaired) electrons. The van der Waals surface area contributed by atoms with E-state index in [0.717, 1.165) is 24.8 Å². The van der Waals surface area contributed by atoms with Crippen LogP contribution < -0.4 is 5.32 Å². The van der Waals surface area contributed by atoms with Crippen molar-refractivity contribution in [2.24, 2.45) is 0 Å². The summed E-state index contributed by atoms with van der Waals surface area (Å²) in [4.78, 5) is 26.8. The van der Waals surface area contributed by atoms with Crippen molar-refractivity contribution in [3.63, 3.8) is 0 Å². The normalized spacial score (nSPS) is 22.3. The van der Waals surface area contributed by atoms with Gasteiger partial charge in [-0.3, -0.25) is 9.59 Å². The van der Waals surface area contributed by atoms with Crippen LogP contribution in [-0.2, 0) is 9.59 Å². The average Bonchev–Trinajstić information content (AvgIpc) is 2.51. The van der Waals surface area contributed by atoms with E-state index >= 15 is 0 Å². The lowest BCUT2D eigenvalue weighted by molar-refractivity contribution is -0.149. The molecule has 1 aromatic carbocycles. The fourth-order valence-electron chi connectivity index (χ4n) is 2.80. The molecule has 1 heterocycles. The summed E-state index contributed by atoms with van der Waals surface area (Å²) in [5.74, 6) is -0.0220. The lowest BCUT2D eigenvalue weighted by Gasteiger charge is -2.39. The van der Waals surface area contributed by atoms with Crippen LogP contribution in [0.2, 0.25) is 0 Å². The lowest BCUT2D eigenvalue weighted by atomic mass is 9.98. The van der Waals surface area contributed by atoms with Crippen molar-refractivity contribution in [3.05, 3.63) is 35.9 Å². The Balaban J connectivity index is 2.25. The van der Waals surface area contributed by atoms with Crippen molar-refractivity contribution >= 4 is 11.8 Å². The number of hydrogen-bond donors (Lipinski definition) is 1. The number of carbonyl (C=O) groups is 2. The minimum absolute atomic E-state index is 0.0436. The van der Waals surface area contributed by atoms with Gasteiger partial charge in [0.25, 0.3) is 0 Å². The second kappa shape index (κ2) is 7.25. The second-order valence-corrected chi connectivity index (χ2v) is 5.52. The van der Waals surface area contributed by atoms with Gasteiger partial charge in [-0.15, -0.1) is 0 Å². The Labute approximate surface area is 126 Å². The molecule has 1 N–H and O–H groups in total. The van der Waals surface area contributed by atoms with Crippen molar-refractivity contribution in [1.82, 2.24) is 10.2 Å². The smallest absolute Gasteiger partial charge is 0.248 e. The predicted molar refractivity (Wildman–Crippen MR) is 82.6 cm³/mol. The Hall–Kier alpha value is -1.84. The van der Waals surface area contributed by atoms with Gasteiger partial charge in [0.2, 0.25) is 11.8 Å². The monoisotopic (exact) mass is 288 g/mol. The molecule has 1 aliphatic heterocycles. The molecular formula is C17H24N2O2. The number of carbonyl (C=O) groups excluding carboxylic acids is 2. The fourth-order valence-corrected chi connectivity index (χ4v) is 2.80. The number of benzene rings is 1. The molecule has 114 valence electrons. The summed E-state index contributed by atoms with van der Waals surface area (Å²) in [6, 6.07) is 8.69. The Bertz CT molecular complexity index is 487. The molecule has 2 amide bonds. The summed E-state index contributed by atoms with van der Waals surface area (Å²) >= 11 is 0. The van der Waals surface area contributed by atoms with Crippen molar-refractivity contribution in [2.75, 3.05) is 6.54 Å². The van der Waals surface area contributed by atoms with Gasteiger partial charge in [0.15, 0.2) is 0 Å². The Morgan fingerprint density at radius 2 is 1.81 bits per heavy atom. The standard InChI is InChI=1S/C17H24N2O2/c1-3-5-9-12-19-15(13-10-7-6-8-11-13)16(20)18-14(4-2)17(19)21/h6-8,10-11,14-15H,3-5,9,12H2,1-2H3,(H,18,20). The number of hydrogen-bond acceptors (Lipinski definition) is 2. The molecule has 0 spiro atoms. The molecule has 0 aliphatic carbocycles. The Kier molecular flexibility index (Phi) is 5.37. The van der Waals surface area contributed by atoms with Gasteiger partial charge in [-0.2, -0.15) is 0 Å². The molecule has 0 saturated carbocycles. The van der Waals surface area contributed by atoms with Gasteiger partial charge in [0.1, 0.15) is 12.1 Å². The van der Waals surface area contributed by atoms with E-state index < -0.39 is 6.04 Å². The van der Waals surface area contributed by atoms with Crippen LogP contribution in [-0.4, -0.2) is 29.3 Å². The summed E-state index contributed by atoms with van der Waals surface area (Å²) in [5.41, 5.74) is 0.884. The van der Waals surface area contributed by atoms with Crippen molar-refractivity contribution in [2.45, 2.75) is 51.6 Å². The van der Waals surface area contributed by atoms with Crippen molar-refractivity contribution in [3.8, 4) is 0 Å². The van der Waals surface area contributed by atoms with Crippen LogP contribution in [0.1, 0.15) is 51.1 Å². The SMILES string of the molecule is CCCCCN1C(=O)C(CC)NC(=O)C1c1ccccc1. The lowest BCUT2D eigenvalue weighted by Crippen LogP contribution is -2.59. The highest BCUT2D eigenvalue weighted by Gasteiger charge is 2.39. The number of unbranched alkanes of at least 4 members (excludes halogenated alkanes) is 2. The topological polar surface area (TPSA) is 49.4 Å². The summed E-state index contributed by atoms with van der Waals surface area (Å²) in [6.07, 6.45) is 3.75. The van der Waals surface area contributed by atoms with Crippen LogP contribution in [0.25, 0.3) is 0 Å². The molecular weight excluding hydrogens is 264 g/mol. The van der Waals surface area contributed by atoms with Crippen LogP contribution in [0.15, 0.2) is 30.3 Å². The van der Waals surface area contributed by atoms with E-state index in [2.05, 4.69) is 12.2 Å². The summed E-state index contributed by atoms with van der Waals surface area (Å²) < 4.78 is 0. The third-order valence-corrected chi connectivity index (χ3v) is 3.98. The van der Waals surface area contributed by atoms with Crippen LogP contribution >= 0.6 is 0 Å². The van der Waals surface area contributed by atoms with E-state index in [-0.39, 0.29) is 17.9 Å². The summed E-state index contributed by atoms with van der Waals surface area (Å²) in [7, 11) is 0. The Morgan fingerprint density at radius 1 is 1.10 bits per heavy atom. The van der Waals surface area contributed by atoms with Gasteiger partial charge in [-0.1, -0.05) is 57.0 Å². The molecule has 1 saturated heterocycles. The van der Waals surface area contributed by atoms with Gasteiger partial charge in [-0.05, 0) is 18.4 Å². The number of nitrogens with one attached hydrogen (secondary N) is 1. The highest BCUT2D eigenvalue weighted by Crippen LogP contribution is 2.26. The zero-order valence-electron chi connectivity index (χ0n) is 12.8. The molecule has 4 nitrogen and oxygen atoms in total. The van der Waals surface area contributed by atoms with Gasteiger partial charge < -0.3 is 10.2 Å². The van der Waals surface area contributed by atoms with Gasteiger partial charge in [-0.25, -0.2) is 0 Å². The fraction of sp³-hybridized carbons (Fsp3) is 0.529. The second-order valence-electron chi connectivity index (χ2n) is 5.52. The molecule has 1 aromatic rings. The molecule has 2 rings (SSSR count). The first-order chi connectivity index (χ1) is 10.2. The zero-order chi connectivity index (χ0) is 15.2. The van der Waals surface area contributed by atoms with E-state index in [1.165, 1.54) is 0 Å². The Morgan fingerprint density at radius 3 is 2.43 bits per heavy atom. The minimum atomic E-state index is -0.488. The summed E-state index contributed by atoms with van der Waals surface area (Å²) in [6.45, 7) is 4.71. The summed E-state index contributed by atoms with van der Waals surface area (Å²) in [5, 5.41) is 2.85. The maximum atomic E-state index is 12.6. The molecule has 0 bridgehead atoms. The van der Waals surface area contributed by atoms with Gasteiger partial charge in [0.05, 0.1) is 0 Å². The van der Waals surface area contributed by atoms with Gasteiger partial charge in [0, 0.05) is 6.54 Å². The van der Waals surface area contributed by atoms with E-state index in [4.69, 9.17) is 0 Å². The van der Waals surface area contributed by atoms with E-state index in [1.807, 2.05) is 37.3 Å². The maximum Gasteiger partial charge on any atom is 0.248 e. The number of nitrogens with zero attached hydrogens (tertiary/aromatic N) is 1. The third-order valence-electron chi connectivity index (χ3n) is 3.98. The highest BCUT2D eigenvalue weighted by atomic mass is 16.2. The van der Waals surface area contributed by atoms with Crippen LogP contribution in [0.4, 0.5) is 0 Å². The number of rotatable bonds is 6. The zero-order valence-corrected chi connectivity index (χ0v) is 12.8. The molecule has 2 atom stereocenters. The van der Waals surface area contributed by atoms with E-state index in [0.29, 0.717) is 13.0 Å². The molecule has 0 aromatic heterocycles. The number of piperazine rings is 1. The van der Waals surface area contributed by atoms with E-state index in [1.54, 1.807) is 4.90 Å². The molecule has 2 unspecified atom stereocenters. The van der Waals surface area contributed by atoms with Crippen molar-refractivity contribution in [1.29, 1.82) is 0 Å². The van der Waals surface area contributed by atoms with E-state index in [9.17, 15) is 9.59 Å². The first-order valence-electron chi connectivity index (χ1n) is 7.84. The van der Waals surface area contributed by atoms with Crippen molar-refractivity contribution < 1.29 is 9.59 Å². The first-order valence-corrected chi connectivity index (χ1v) is 7.84. The van der Waals surface area contributed by atoms with Crippen LogP contribution in [0.5, 0.6) is 0 Å². The molecule has 21 heavy (non-hydrogen) atoms. The predicted octanol–water partition coefficient (Wildman–Crippen LogP) is 2.65. The molecule has 1 fully saturated rings. The average molecular weight is 288 g/mol. The molecule has 4 heteroatoms. The molecule has 1 aliphatic rings. The van der Waals surface area contributed by atoms with Crippen LogP contribution in [0.3, 0.4) is 0 Å². The third kappa shape index (κ3) is 3.43. The van der Waals surface area contributed by atoms with Gasteiger partial charge >= 0.3 is 0 Å².